The van der Waals surface area contributed by atoms with Gasteiger partial charge in [-0.2, -0.15) is 9.78 Å². The fourth-order valence-electron chi connectivity index (χ4n) is 3.41. The molecule has 3 aromatic carbocycles. The lowest BCUT2D eigenvalue weighted by Crippen LogP contribution is -2.15. The van der Waals surface area contributed by atoms with Crippen LogP contribution in [-0.2, 0) is 6.42 Å². The average Bonchev–Trinajstić information content (AvgIpc) is 3.19. The second-order valence-electron chi connectivity index (χ2n) is 7.11. The van der Waals surface area contributed by atoms with Gasteiger partial charge in [-0.3, -0.25) is 0 Å². The summed E-state index contributed by atoms with van der Waals surface area (Å²) in [4.78, 5) is 0. The van der Waals surface area contributed by atoms with Gasteiger partial charge in [0.2, 0.25) is 5.16 Å². The minimum atomic E-state index is -0.289. The molecule has 0 radical (unpaired) electrons. The van der Waals surface area contributed by atoms with E-state index in [1.54, 1.807) is 28.9 Å². The van der Waals surface area contributed by atoms with E-state index in [9.17, 15) is 4.39 Å². The van der Waals surface area contributed by atoms with E-state index < -0.39 is 0 Å². The van der Waals surface area contributed by atoms with Gasteiger partial charge >= 0.3 is 0 Å². The number of para-hydroxylation sites is 2. The van der Waals surface area contributed by atoms with Crippen molar-refractivity contribution in [2.24, 2.45) is 5.10 Å². The van der Waals surface area contributed by atoms with Gasteiger partial charge in [-0.05, 0) is 35.9 Å². The minimum absolute atomic E-state index is 0.289. The molecule has 160 valence electrons. The number of rotatable bonds is 5. The van der Waals surface area contributed by atoms with Crippen LogP contribution in [0.2, 0.25) is 10.0 Å². The van der Waals surface area contributed by atoms with Crippen LogP contribution in [0.3, 0.4) is 0 Å². The molecule has 0 saturated heterocycles. The highest BCUT2D eigenvalue weighted by Gasteiger charge is 2.21. The number of benzene rings is 3. The van der Waals surface area contributed by atoms with Gasteiger partial charge in [-0.25, -0.2) is 4.39 Å². The average molecular weight is 484 g/mol. The van der Waals surface area contributed by atoms with Crippen LogP contribution in [0.1, 0.15) is 17.0 Å². The Balaban J connectivity index is 1.47. The summed E-state index contributed by atoms with van der Waals surface area (Å²) in [6.45, 7) is 0. The first-order chi connectivity index (χ1) is 15.6. The highest BCUT2D eigenvalue weighted by atomic mass is 35.5. The van der Waals surface area contributed by atoms with Crippen LogP contribution >= 0.6 is 35.0 Å². The largest absolute Gasteiger partial charge is 0.353 e. The molecule has 0 atom stereocenters. The van der Waals surface area contributed by atoms with E-state index in [-0.39, 0.29) is 5.82 Å². The molecule has 0 amide bonds. The van der Waals surface area contributed by atoms with E-state index >= 15 is 0 Å². The lowest BCUT2D eigenvalue weighted by molar-refractivity contribution is 0.627. The van der Waals surface area contributed by atoms with E-state index in [1.165, 1.54) is 23.9 Å². The third-order valence-electron chi connectivity index (χ3n) is 4.98. The summed E-state index contributed by atoms with van der Waals surface area (Å²) in [5.41, 5.74) is 4.01. The zero-order valence-corrected chi connectivity index (χ0v) is 18.9. The number of hydrogen-bond acceptors (Lipinski definition) is 5. The van der Waals surface area contributed by atoms with Crippen LogP contribution < -0.4 is 5.32 Å². The maximum Gasteiger partial charge on any atom is 0.212 e. The first-order valence-corrected chi connectivity index (χ1v) is 11.5. The molecule has 1 aliphatic rings. The summed E-state index contributed by atoms with van der Waals surface area (Å²) in [6.07, 6.45) is 0.485. The molecule has 4 aromatic rings. The Hall–Kier alpha value is -2.87. The van der Waals surface area contributed by atoms with Crippen molar-refractivity contribution in [3.8, 4) is 0 Å². The van der Waals surface area contributed by atoms with Crippen molar-refractivity contribution in [3.63, 3.8) is 0 Å². The number of halogens is 3. The molecule has 0 fully saturated rings. The van der Waals surface area contributed by atoms with Crippen LogP contribution in [0.5, 0.6) is 0 Å². The molecular formula is C23H16Cl2FN5S. The molecule has 1 N–H and O–H groups in total. The molecule has 32 heavy (non-hydrogen) atoms. The van der Waals surface area contributed by atoms with E-state index in [1.807, 2.05) is 30.3 Å². The van der Waals surface area contributed by atoms with Crippen LogP contribution in [0.15, 0.2) is 77.0 Å². The van der Waals surface area contributed by atoms with Gasteiger partial charge < -0.3 is 5.32 Å². The summed E-state index contributed by atoms with van der Waals surface area (Å²) in [7, 11) is 0. The fourth-order valence-corrected chi connectivity index (χ4v) is 4.76. The Kier molecular flexibility index (Phi) is 5.87. The third kappa shape index (κ3) is 4.24. The van der Waals surface area contributed by atoms with Gasteiger partial charge in [0.15, 0.2) is 5.82 Å². The maximum absolute atomic E-state index is 13.7. The maximum atomic E-state index is 13.7. The zero-order valence-electron chi connectivity index (χ0n) is 16.6. The van der Waals surface area contributed by atoms with Crippen LogP contribution in [0.4, 0.5) is 15.8 Å². The van der Waals surface area contributed by atoms with Crippen LogP contribution in [0, 0.1) is 5.82 Å². The molecule has 0 unspecified atom stereocenters. The third-order valence-corrected chi connectivity index (χ3v) is 6.54. The number of hydrogen-bond donors (Lipinski definition) is 1. The summed E-state index contributed by atoms with van der Waals surface area (Å²) in [5.74, 6) is 0.994. The summed E-state index contributed by atoms with van der Waals surface area (Å²) in [6, 6.07) is 19.7. The lowest BCUT2D eigenvalue weighted by atomic mass is 10.1. The van der Waals surface area contributed by atoms with E-state index in [4.69, 9.17) is 28.3 Å². The standard InChI is InChI=1S/C23H16Cl2FN5S/c24-17-8-4-9-18(25)22(17)27-19-10-2-1-5-15(19)12-21-28-29-23-31(21)30-20(13-32-23)14-6-3-7-16(26)11-14/h1-11,27H,12-13H2. The van der Waals surface area contributed by atoms with Crippen molar-refractivity contribution in [3.05, 3.63) is 99.5 Å². The molecular weight excluding hydrogens is 468 g/mol. The molecule has 0 aliphatic carbocycles. The van der Waals surface area contributed by atoms with Crippen molar-refractivity contribution in [2.45, 2.75) is 11.6 Å². The normalized spacial score (nSPS) is 12.9. The van der Waals surface area contributed by atoms with Gasteiger partial charge in [0.25, 0.3) is 0 Å². The first kappa shape index (κ1) is 21.0. The van der Waals surface area contributed by atoms with Crippen molar-refractivity contribution < 1.29 is 4.39 Å². The first-order valence-electron chi connectivity index (χ1n) is 9.78. The fraction of sp³-hybridized carbons (Fsp3) is 0.0870. The Bertz CT molecular complexity index is 1320. The number of nitrogens with one attached hydrogen (secondary N) is 1. The van der Waals surface area contributed by atoms with Crippen molar-refractivity contribution in [1.82, 2.24) is 14.9 Å². The number of aromatic nitrogens is 3. The SMILES string of the molecule is Fc1cccc(C2=Nn3c(Cc4ccccc4Nc4c(Cl)cccc4Cl)nnc3SC2)c1. The van der Waals surface area contributed by atoms with Gasteiger partial charge in [-0.1, -0.05) is 71.4 Å². The molecule has 9 heteroatoms. The minimum Gasteiger partial charge on any atom is -0.353 e. The highest BCUT2D eigenvalue weighted by Crippen LogP contribution is 2.34. The molecule has 0 spiro atoms. The van der Waals surface area contributed by atoms with Crippen molar-refractivity contribution in [1.29, 1.82) is 0 Å². The molecule has 5 nitrogen and oxygen atoms in total. The van der Waals surface area contributed by atoms with Crippen LogP contribution in [-0.4, -0.2) is 26.3 Å². The quantitative estimate of drug-likeness (QED) is 0.355. The van der Waals surface area contributed by atoms with Gasteiger partial charge in [0, 0.05) is 23.4 Å². The van der Waals surface area contributed by atoms with Crippen molar-refractivity contribution >= 4 is 52.1 Å². The summed E-state index contributed by atoms with van der Waals surface area (Å²) < 4.78 is 15.4. The molecule has 1 aromatic heterocycles. The Morgan fingerprint density at radius 1 is 0.969 bits per heavy atom. The summed E-state index contributed by atoms with van der Waals surface area (Å²) in [5, 5.41) is 18.5. The lowest BCUT2D eigenvalue weighted by Gasteiger charge is -2.16. The highest BCUT2D eigenvalue weighted by molar-refractivity contribution is 7.99. The Morgan fingerprint density at radius 3 is 2.56 bits per heavy atom. The van der Waals surface area contributed by atoms with Crippen LogP contribution in [0.25, 0.3) is 0 Å². The van der Waals surface area contributed by atoms with E-state index in [2.05, 4.69) is 15.5 Å². The Labute approximate surface area is 198 Å². The number of thioether (sulfide) groups is 1. The number of fused-ring (bicyclic) bond motifs is 1. The smallest absolute Gasteiger partial charge is 0.212 e. The van der Waals surface area contributed by atoms with Crippen molar-refractivity contribution in [2.75, 3.05) is 11.1 Å². The second kappa shape index (κ2) is 8.94. The number of anilines is 2. The molecule has 0 saturated carbocycles. The molecule has 1 aliphatic heterocycles. The predicted octanol–water partition coefficient (Wildman–Crippen LogP) is 6.42. The molecule has 5 rings (SSSR count). The zero-order chi connectivity index (χ0) is 22.1. The summed E-state index contributed by atoms with van der Waals surface area (Å²) >= 11 is 14.2. The monoisotopic (exact) mass is 483 g/mol. The van der Waals surface area contributed by atoms with Gasteiger partial charge in [0.05, 0.1) is 21.4 Å². The second-order valence-corrected chi connectivity index (χ2v) is 8.87. The van der Waals surface area contributed by atoms with E-state index in [0.717, 1.165) is 22.5 Å². The molecule has 0 bridgehead atoms. The predicted molar refractivity (Wildman–Crippen MR) is 128 cm³/mol. The van der Waals surface area contributed by atoms with Gasteiger partial charge in [-0.15, -0.1) is 10.2 Å². The molecule has 2 heterocycles. The van der Waals surface area contributed by atoms with E-state index in [0.29, 0.717) is 38.9 Å². The topological polar surface area (TPSA) is 55.1 Å². The Morgan fingerprint density at radius 2 is 1.75 bits per heavy atom. The number of nitrogens with zero attached hydrogens (tertiary/aromatic N) is 4. The van der Waals surface area contributed by atoms with Gasteiger partial charge in [0.1, 0.15) is 5.82 Å².